The van der Waals surface area contributed by atoms with Crippen molar-refractivity contribution in [2.24, 2.45) is 0 Å². The lowest BCUT2D eigenvalue weighted by Crippen LogP contribution is -2.30. The van der Waals surface area contributed by atoms with Crippen LogP contribution in [0, 0.1) is 0 Å². The number of urea groups is 1. The molecule has 7 nitrogen and oxygen atoms in total. The van der Waals surface area contributed by atoms with Crippen LogP contribution >= 0.6 is 0 Å². The molecule has 3 N–H and O–H groups in total. The van der Waals surface area contributed by atoms with E-state index in [9.17, 15) is 9.59 Å². The van der Waals surface area contributed by atoms with Gasteiger partial charge in [-0.25, -0.2) is 14.6 Å². The van der Waals surface area contributed by atoms with E-state index < -0.39 is 12.0 Å². The SMILES string of the molecule is CCCOCCCNC(=O)Nc1cccnc1C(=O)O. The van der Waals surface area contributed by atoms with E-state index in [1.807, 2.05) is 6.92 Å². The van der Waals surface area contributed by atoms with Gasteiger partial charge in [-0.2, -0.15) is 0 Å². The topological polar surface area (TPSA) is 101 Å². The molecule has 0 aromatic carbocycles. The third-order valence-corrected chi connectivity index (χ3v) is 2.36. The molecule has 1 heterocycles. The fourth-order valence-electron chi connectivity index (χ4n) is 1.47. The number of aromatic nitrogens is 1. The molecule has 2 amide bonds. The number of carboxylic acids is 1. The molecule has 0 aliphatic heterocycles. The molecule has 0 aliphatic rings. The second-order valence-electron chi connectivity index (χ2n) is 4.05. The summed E-state index contributed by atoms with van der Waals surface area (Å²) in [7, 11) is 0. The molecule has 0 saturated carbocycles. The number of anilines is 1. The van der Waals surface area contributed by atoms with E-state index in [4.69, 9.17) is 9.84 Å². The highest BCUT2D eigenvalue weighted by atomic mass is 16.5. The summed E-state index contributed by atoms with van der Waals surface area (Å²) in [6.45, 7) is 3.78. The predicted octanol–water partition coefficient (Wildman–Crippen LogP) is 1.72. The number of aromatic carboxylic acids is 1. The molecule has 7 heteroatoms. The standard InChI is InChI=1S/C13H19N3O4/c1-2-8-20-9-4-7-15-13(19)16-10-5-3-6-14-11(10)12(17)18/h3,5-6H,2,4,7-9H2,1H3,(H,17,18)(H2,15,16,19). The molecule has 0 atom stereocenters. The van der Waals surface area contributed by atoms with Gasteiger partial charge in [0.1, 0.15) is 0 Å². The van der Waals surface area contributed by atoms with Crippen molar-refractivity contribution < 1.29 is 19.4 Å². The second-order valence-corrected chi connectivity index (χ2v) is 4.05. The highest BCUT2D eigenvalue weighted by Crippen LogP contribution is 2.11. The van der Waals surface area contributed by atoms with Crippen LogP contribution in [0.3, 0.4) is 0 Å². The summed E-state index contributed by atoms with van der Waals surface area (Å²) in [4.78, 5) is 26.2. The van der Waals surface area contributed by atoms with Crippen LogP contribution in [0.4, 0.5) is 10.5 Å². The predicted molar refractivity (Wildman–Crippen MR) is 73.9 cm³/mol. The fourth-order valence-corrected chi connectivity index (χ4v) is 1.47. The van der Waals surface area contributed by atoms with E-state index in [0.29, 0.717) is 26.2 Å². The van der Waals surface area contributed by atoms with Crippen molar-refractivity contribution in [3.8, 4) is 0 Å². The molecule has 0 saturated heterocycles. The zero-order chi connectivity index (χ0) is 14.8. The van der Waals surface area contributed by atoms with Crippen molar-refractivity contribution in [1.29, 1.82) is 0 Å². The molecule has 0 aliphatic carbocycles. The number of pyridine rings is 1. The van der Waals surface area contributed by atoms with Gasteiger partial charge in [0.15, 0.2) is 5.69 Å². The minimum atomic E-state index is -1.19. The van der Waals surface area contributed by atoms with Gasteiger partial charge in [-0.1, -0.05) is 6.92 Å². The van der Waals surface area contributed by atoms with Gasteiger partial charge < -0.3 is 20.5 Å². The van der Waals surface area contributed by atoms with Gasteiger partial charge in [0.05, 0.1) is 5.69 Å². The molecular formula is C13H19N3O4. The number of nitrogens with one attached hydrogen (secondary N) is 2. The van der Waals surface area contributed by atoms with E-state index in [0.717, 1.165) is 6.42 Å². The van der Waals surface area contributed by atoms with Crippen molar-refractivity contribution in [1.82, 2.24) is 10.3 Å². The van der Waals surface area contributed by atoms with Crippen molar-refractivity contribution in [2.75, 3.05) is 25.1 Å². The smallest absolute Gasteiger partial charge is 0.356 e. The minimum Gasteiger partial charge on any atom is -0.476 e. The van der Waals surface area contributed by atoms with Gasteiger partial charge in [-0.15, -0.1) is 0 Å². The normalized spacial score (nSPS) is 10.1. The fraction of sp³-hybridized carbons (Fsp3) is 0.462. The summed E-state index contributed by atoms with van der Waals surface area (Å²) < 4.78 is 5.27. The number of rotatable bonds is 8. The number of carboxylic acid groups (broad SMARTS) is 1. The molecule has 0 fully saturated rings. The number of carbonyl (C=O) groups excluding carboxylic acids is 1. The molecule has 1 aromatic heterocycles. The van der Waals surface area contributed by atoms with Gasteiger partial charge in [0, 0.05) is 26.0 Å². The first-order valence-corrected chi connectivity index (χ1v) is 6.46. The van der Waals surface area contributed by atoms with E-state index >= 15 is 0 Å². The average Bonchev–Trinajstić information content (AvgIpc) is 2.43. The maximum absolute atomic E-state index is 11.6. The van der Waals surface area contributed by atoms with E-state index in [1.165, 1.54) is 12.3 Å². The molecule has 0 bridgehead atoms. The van der Waals surface area contributed by atoms with Crippen molar-refractivity contribution in [2.45, 2.75) is 19.8 Å². The zero-order valence-electron chi connectivity index (χ0n) is 11.4. The van der Waals surface area contributed by atoms with Gasteiger partial charge >= 0.3 is 12.0 Å². The molecule has 0 radical (unpaired) electrons. The highest BCUT2D eigenvalue weighted by molar-refractivity contribution is 5.98. The van der Waals surface area contributed by atoms with Gasteiger partial charge in [0.2, 0.25) is 0 Å². The molecule has 110 valence electrons. The lowest BCUT2D eigenvalue weighted by atomic mass is 10.3. The Kier molecular flexibility index (Phi) is 7.05. The van der Waals surface area contributed by atoms with Crippen LogP contribution < -0.4 is 10.6 Å². The number of amides is 2. The van der Waals surface area contributed by atoms with Crippen molar-refractivity contribution in [3.63, 3.8) is 0 Å². The Morgan fingerprint density at radius 2 is 2.20 bits per heavy atom. The highest BCUT2D eigenvalue weighted by Gasteiger charge is 2.12. The number of ether oxygens (including phenoxy) is 1. The largest absolute Gasteiger partial charge is 0.476 e. The first-order valence-electron chi connectivity index (χ1n) is 6.46. The summed E-state index contributed by atoms with van der Waals surface area (Å²) >= 11 is 0. The Bertz CT molecular complexity index is 451. The molecular weight excluding hydrogens is 262 g/mol. The van der Waals surface area contributed by atoms with Crippen LogP contribution in [-0.2, 0) is 4.74 Å². The Morgan fingerprint density at radius 3 is 2.90 bits per heavy atom. The van der Waals surface area contributed by atoms with E-state index in [-0.39, 0.29) is 11.4 Å². The Morgan fingerprint density at radius 1 is 1.40 bits per heavy atom. The maximum atomic E-state index is 11.6. The zero-order valence-corrected chi connectivity index (χ0v) is 11.4. The second kappa shape index (κ2) is 8.87. The van der Waals surface area contributed by atoms with E-state index in [1.54, 1.807) is 6.07 Å². The van der Waals surface area contributed by atoms with E-state index in [2.05, 4.69) is 15.6 Å². The lowest BCUT2D eigenvalue weighted by molar-refractivity contribution is 0.0691. The van der Waals surface area contributed by atoms with Crippen LogP contribution in [0.25, 0.3) is 0 Å². The number of carbonyl (C=O) groups is 2. The van der Waals surface area contributed by atoms with Crippen LogP contribution in [0.5, 0.6) is 0 Å². The van der Waals surface area contributed by atoms with Gasteiger partial charge in [-0.3, -0.25) is 0 Å². The Balaban J connectivity index is 2.34. The van der Waals surface area contributed by atoms with Crippen molar-refractivity contribution in [3.05, 3.63) is 24.0 Å². The molecule has 0 spiro atoms. The third-order valence-electron chi connectivity index (χ3n) is 2.36. The summed E-state index contributed by atoms with van der Waals surface area (Å²) in [6.07, 6.45) is 3.02. The number of nitrogens with zero attached hydrogens (tertiary/aromatic N) is 1. The Hall–Kier alpha value is -2.15. The summed E-state index contributed by atoms with van der Waals surface area (Å²) in [6, 6.07) is 2.58. The first kappa shape index (κ1) is 15.9. The lowest BCUT2D eigenvalue weighted by Gasteiger charge is -2.09. The molecule has 1 rings (SSSR count). The quantitative estimate of drug-likeness (QED) is 0.630. The molecule has 0 unspecified atom stereocenters. The Labute approximate surface area is 117 Å². The summed E-state index contributed by atoms with van der Waals surface area (Å²) in [5.74, 6) is -1.19. The first-order chi connectivity index (χ1) is 9.65. The molecule has 20 heavy (non-hydrogen) atoms. The third kappa shape index (κ3) is 5.66. The van der Waals surface area contributed by atoms with Gasteiger partial charge in [-0.05, 0) is 25.0 Å². The average molecular weight is 281 g/mol. The summed E-state index contributed by atoms with van der Waals surface area (Å²) in [5.41, 5.74) is -0.0198. The van der Waals surface area contributed by atoms with Crippen LogP contribution in [0.15, 0.2) is 18.3 Å². The maximum Gasteiger partial charge on any atom is 0.356 e. The number of hydrogen-bond acceptors (Lipinski definition) is 4. The number of hydrogen-bond donors (Lipinski definition) is 3. The van der Waals surface area contributed by atoms with Crippen LogP contribution in [-0.4, -0.2) is 41.8 Å². The van der Waals surface area contributed by atoms with Crippen molar-refractivity contribution >= 4 is 17.7 Å². The summed E-state index contributed by atoms with van der Waals surface area (Å²) in [5, 5.41) is 14.0. The molecule has 1 aromatic rings. The van der Waals surface area contributed by atoms with Gasteiger partial charge in [0.25, 0.3) is 0 Å². The monoisotopic (exact) mass is 281 g/mol. The minimum absolute atomic E-state index is 0.166. The van der Waals surface area contributed by atoms with Crippen LogP contribution in [0.2, 0.25) is 0 Å². The van der Waals surface area contributed by atoms with Crippen LogP contribution in [0.1, 0.15) is 30.3 Å².